The summed E-state index contributed by atoms with van der Waals surface area (Å²) in [7, 11) is 0. The van der Waals surface area contributed by atoms with E-state index < -0.39 is 12.1 Å². The van der Waals surface area contributed by atoms with Crippen molar-refractivity contribution in [3.05, 3.63) is 29.8 Å². The summed E-state index contributed by atoms with van der Waals surface area (Å²) < 4.78 is 10.9. The Balaban J connectivity index is 2.56. The molecule has 2 amide bonds. The highest BCUT2D eigenvalue weighted by Crippen LogP contribution is 2.24. The first kappa shape index (κ1) is 23.8. The molecule has 0 aliphatic rings. The normalized spacial score (nSPS) is 13.8. The first-order valence-electron chi connectivity index (χ1n) is 9.91. The average Bonchev–Trinajstić information content (AvgIpc) is 2.56. The molecule has 158 valence electrons. The van der Waals surface area contributed by atoms with Gasteiger partial charge in [0.05, 0.1) is 12.1 Å². The summed E-state index contributed by atoms with van der Waals surface area (Å²) in [5.74, 6) is 0.431. The highest BCUT2D eigenvalue weighted by Gasteiger charge is 2.26. The molecule has 0 radical (unpaired) electrons. The van der Waals surface area contributed by atoms with E-state index in [1.807, 2.05) is 32.9 Å². The number of rotatable bonds is 8. The van der Waals surface area contributed by atoms with Crippen LogP contribution in [-0.2, 0) is 14.9 Å². The van der Waals surface area contributed by atoms with Gasteiger partial charge in [0.25, 0.3) is 0 Å². The molecule has 2 N–H and O–H groups in total. The predicted octanol–water partition coefficient (Wildman–Crippen LogP) is 4.03. The Morgan fingerprint density at radius 1 is 0.964 bits per heavy atom. The Morgan fingerprint density at radius 3 is 2.00 bits per heavy atom. The molecule has 0 aliphatic carbocycles. The van der Waals surface area contributed by atoms with Gasteiger partial charge in [-0.15, -0.1) is 0 Å². The van der Waals surface area contributed by atoms with E-state index in [1.54, 1.807) is 13.8 Å². The molecule has 0 saturated heterocycles. The van der Waals surface area contributed by atoms with Crippen LogP contribution in [-0.4, -0.2) is 36.8 Å². The van der Waals surface area contributed by atoms with Crippen molar-refractivity contribution in [2.24, 2.45) is 5.92 Å². The van der Waals surface area contributed by atoms with Crippen LogP contribution in [0.25, 0.3) is 0 Å². The van der Waals surface area contributed by atoms with Crippen molar-refractivity contribution in [3.63, 3.8) is 0 Å². The van der Waals surface area contributed by atoms with E-state index in [2.05, 4.69) is 43.5 Å². The monoisotopic (exact) mass is 392 g/mol. The first-order chi connectivity index (χ1) is 12.9. The zero-order valence-corrected chi connectivity index (χ0v) is 18.5. The Bertz CT molecular complexity index is 633. The van der Waals surface area contributed by atoms with E-state index in [0.29, 0.717) is 6.61 Å². The fourth-order valence-corrected chi connectivity index (χ4v) is 2.56. The predicted molar refractivity (Wildman–Crippen MR) is 112 cm³/mol. The van der Waals surface area contributed by atoms with Gasteiger partial charge in [-0.3, -0.25) is 4.79 Å². The van der Waals surface area contributed by atoms with E-state index in [0.717, 1.165) is 5.75 Å². The van der Waals surface area contributed by atoms with Crippen molar-refractivity contribution in [2.75, 3.05) is 6.61 Å². The van der Waals surface area contributed by atoms with Crippen LogP contribution < -0.4 is 15.4 Å². The molecule has 1 aromatic rings. The molecule has 0 fully saturated rings. The smallest absolute Gasteiger partial charge is 0.408 e. The minimum Gasteiger partial charge on any atom is -0.491 e. The van der Waals surface area contributed by atoms with Gasteiger partial charge in [0, 0.05) is 0 Å². The summed E-state index contributed by atoms with van der Waals surface area (Å²) in [4.78, 5) is 24.4. The van der Waals surface area contributed by atoms with Crippen molar-refractivity contribution in [3.8, 4) is 5.75 Å². The lowest BCUT2D eigenvalue weighted by Crippen LogP contribution is -2.52. The lowest BCUT2D eigenvalue weighted by atomic mass is 9.87. The molecule has 6 heteroatoms. The molecule has 0 spiro atoms. The van der Waals surface area contributed by atoms with Gasteiger partial charge >= 0.3 is 6.09 Å². The summed E-state index contributed by atoms with van der Waals surface area (Å²) in [6, 6.07) is 7.11. The minimum atomic E-state index is -0.667. The van der Waals surface area contributed by atoms with Gasteiger partial charge in [-0.25, -0.2) is 4.79 Å². The van der Waals surface area contributed by atoms with Gasteiger partial charge in [0.1, 0.15) is 18.4 Å². The second-order valence-corrected chi connectivity index (χ2v) is 8.82. The van der Waals surface area contributed by atoms with E-state index in [4.69, 9.17) is 9.47 Å². The third kappa shape index (κ3) is 8.19. The SMILES string of the molecule is CC(COc1ccc(C(C)(C)C)cc1)NC(=O)C(NC(=O)OC(C)C)C(C)C. The van der Waals surface area contributed by atoms with Gasteiger partial charge in [0.2, 0.25) is 5.91 Å². The second kappa shape index (κ2) is 10.3. The fraction of sp³-hybridized carbons (Fsp3) is 0.636. The summed E-state index contributed by atoms with van der Waals surface area (Å²) in [5, 5.41) is 5.52. The Morgan fingerprint density at radius 2 is 1.54 bits per heavy atom. The quantitative estimate of drug-likeness (QED) is 0.700. The molecular formula is C22H36N2O4. The lowest BCUT2D eigenvalue weighted by molar-refractivity contribution is -0.124. The molecule has 0 heterocycles. The largest absolute Gasteiger partial charge is 0.491 e. The van der Waals surface area contributed by atoms with Crippen molar-refractivity contribution >= 4 is 12.0 Å². The fourth-order valence-electron chi connectivity index (χ4n) is 2.56. The zero-order chi connectivity index (χ0) is 21.5. The van der Waals surface area contributed by atoms with E-state index in [9.17, 15) is 9.59 Å². The minimum absolute atomic E-state index is 0.0715. The van der Waals surface area contributed by atoms with Gasteiger partial charge in [-0.05, 0) is 49.8 Å². The number of benzene rings is 1. The molecule has 2 atom stereocenters. The van der Waals surface area contributed by atoms with Crippen LogP contribution in [0, 0.1) is 5.92 Å². The molecule has 0 aliphatic heterocycles. The van der Waals surface area contributed by atoms with Crippen molar-refractivity contribution in [1.82, 2.24) is 10.6 Å². The standard InChI is InChI=1S/C22H36N2O4/c1-14(2)19(24-21(26)28-15(3)4)20(25)23-16(5)13-27-18-11-9-17(10-12-18)22(6,7)8/h9-12,14-16,19H,13H2,1-8H3,(H,23,25)(H,24,26). The second-order valence-electron chi connectivity index (χ2n) is 8.82. The molecule has 28 heavy (non-hydrogen) atoms. The van der Waals surface area contributed by atoms with Crippen molar-refractivity contribution < 1.29 is 19.1 Å². The highest BCUT2D eigenvalue weighted by molar-refractivity contribution is 5.86. The van der Waals surface area contributed by atoms with Crippen LogP contribution in [0.5, 0.6) is 5.75 Å². The van der Waals surface area contributed by atoms with Crippen LogP contribution in [0.2, 0.25) is 0 Å². The molecule has 0 saturated carbocycles. The van der Waals surface area contributed by atoms with Crippen LogP contribution in [0.4, 0.5) is 4.79 Å². The van der Waals surface area contributed by atoms with E-state index in [-0.39, 0.29) is 29.4 Å². The van der Waals surface area contributed by atoms with Gasteiger partial charge in [-0.1, -0.05) is 46.8 Å². The Kier molecular flexibility index (Phi) is 8.79. The summed E-state index contributed by atoms with van der Waals surface area (Å²) in [6.07, 6.45) is -0.834. The number of nitrogens with one attached hydrogen (secondary N) is 2. The number of hydrogen-bond donors (Lipinski definition) is 2. The number of carbonyl (C=O) groups is 2. The number of carbonyl (C=O) groups excluding carboxylic acids is 2. The summed E-state index contributed by atoms with van der Waals surface area (Å²) in [5.41, 5.74) is 1.33. The lowest BCUT2D eigenvalue weighted by Gasteiger charge is -2.24. The number of ether oxygens (including phenoxy) is 2. The topological polar surface area (TPSA) is 76.7 Å². The third-order valence-corrected chi connectivity index (χ3v) is 4.17. The van der Waals surface area contributed by atoms with Crippen molar-refractivity contribution in [2.45, 2.75) is 79.0 Å². The zero-order valence-electron chi connectivity index (χ0n) is 18.5. The molecule has 1 aromatic carbocycles. The molecule has 2 unspecified atom stereocenters. The maximum atomic E-state index is 12.5. The van der Waals surface area contributed by atoms with Gasteiger partial charge in [0.15, 0.2) is 0 Å². The Labute approximate surface area is 169 Å². The molecule has 0 aromatic heterocycles. The Hall–Kier alpha value is -2.24. The van der Waals surface area contributed by atoms with Crippen LogP contribution >= 0.6 is 0 Å². The van der Waals surface area contributed by atoms with E-state index in [1.165, 1.54) is 5.56 Å². The number of hydrogen-bond acceptors (Lipinski definition) is 4. The molecule has 1 rings (SSSR count). The summed E-state index contributed by atoms with van der Waals surface area (Å²) in [6.45, 7) is 16.0. The van der Waals surface area contributed by atoms with E-state index >= 15 is 0 Å². The molecule has 6 nitrogen and oxygen atoms in total. The average molecular weight is 393 g/mol. The van der Waals surface area contributed by atoms with Crippen LogP contribution in [0.15, 0.2) is 24.3 Å². The van der Waals surface area contributed by atoms with Crippen LogP contribution in [0.3, 0.4) is 0 Å². The molecular weight excluding hydrogens is 356 g/mol. The maximum absolute atomic E-state index is 12.5. The van der Waals surface area contributed by atoms with Crippen LogP contribution in [0.1, 0.15) is 61.0 Å². The molecule has 0 bridgehead atoms. The number of alkyl carbamates (subject to hydrolysis) is 1. The van der Waals surface area contributed by atoms with Gasteiger partial charge < -0.3 is 20.1 Å². The maximum Gasteiger partial charge on any atom is 0.408 e. The first-order valence-corrected chi connectivity index (χ1v) is 9.91. The van der Waals surface area contributed by atoms with Crippen molar-refractivity contribution in [1.29, 1.82) is 0 Å². The third-order valence-electron chi connectivity index (χ3n) is 4.17. The van der Waals surface area contributed by atoms with Gasteiger partial charge in [-0.2, -0.15) is 0 Å². The summed E-state index contributed by atoms with van der Waals surface area (Å²) >= 11 is 0. The highest BCUT2D eigenvalue weighted by atomic mass is 16.6. The number of amides is 2.